The number of hydrogen-bond acceptors (Lipinski definition) is 4. The van der Waals surface area contributed by atoms with Crippen LogP contribution in [0, 0.1) is 5.82 Å². The average Bonchev–Trinajstić information content (AvgIpc) is 2.82. The van der Waals surface area contributed by atoms with Gasteiger partial charge in [0.25, 0.3) is 0 Å². The lowest BCUT2D eigenvalue weighted by atomic mass is 10.2. The summed E-state index contributed by atoms with van der Waals surface area (Å²) in [6, 6.07) is 3.28. The molecule has 1 aromatic heterocycles. The van der Waals surface area contributed by atoms with Gasteiger partial charge >= 0.3 is 0 Å². The van der Waals surface area contributed by atoms with Crippen LogP contribution in [0.5, 0.6) is 0 Å². The molecule has 0 saturated carbocycles. The molecule has 0 aliphatic heterocycles. The average molecular weight is 328 g/mol. The van der Waals surface area contributed by atoms with E-state index in [0.29, 0.717) is 5.82 Å². The third-order valence-electron chi connectivity index (χ3n) is 2.85. The van der Waals surface area contributed by atoms with Crippen LogP contribution < -0.4 is 10.5 Å². The van der Waals surface area contributed by atoms with E-state index in [-0.39, 0.29) is 22.0 Å². The van der Waals surface area contributed by atoms with Gasteiger partial charge in [0.05, 0.1) is 11.4 Å². The highest BCUT2D eigenvalue weighted by Crippen LogP contribution is 2.15. The van der Waals surface area contributed by atoms with E-state index in [1.54, 1.807) is 24.0 Å². The quantitative estimate of drug-likeness (QED) is 0.788. The summed E-state index contributed by atoms with van der Waals surface area (Å²) >= 11 is 4.69. The molecule has 0 aliphatic carbocycles. The predicted octanol–water partition coefficient (Wildman–Crippen LogP) is 0.672. The Hall–Kier alpha value is -1.84. The number of imidazole rings is 1. The number of nitrogens with two attached hydrogens (primary N) is 1. The molecule has 2 aromatic rings. The summed E-state index contributed by atoms with van der Waals surface area (Å²) in [6.07, 6.45) is 3.26. The van der Waals surface area contributed by atoms with E-state index in [2.05, 4.69) is 21.9 Å². The minimum Gasteiger partial charge on any atom is -0.389 e. The largest absolute Gasteiger partial charge is 0.389 e. The highest BCUT2D eigenvalue weighted by atomic mass is 32.2. The molecule has 112 valence electrons. The Morgan fingerprint density at radius 2 is 2.24 bits per heavy atom. The lowest BCUT2D eigenvalue weighted by Crippen LogP contribution is -2.25. The molecular formula is C12H13FN4O2S2. The van der Waals surface area contributed by atoms with Crippen molar-refractivity contribution in [3.63, 3.8) is 0 Å². The molecule has 0 amide bonds. The third-order valence-corrected chi connectivity index (χ3v) is 4.47. The summed E-state index contributed by atoms with van der Waals surface area (Å²) in [4.78, 5) is 3.70. The monoisotopic (exact) mass is 328 g/mol. The van der Waals surface area contributed by atoms with Crippen molar-refractivity contribution in [2.24, 2.45) is 12.8 Å². The van der Waals surface area contributed by atoms with Crippen molar-refractivity contribution in [3.05, 3.63) is 47.8 Å². The van der Waals surface area contributed by atoms with Gasteiger partial charge < -0.3 is 10.3 Å². The van der Waals surface area contributed by atoms with Crippen LogP contribution in [0.3, 0.4) is 0 Å². The van der Waals surface area contributed by atoms with Crippen molar-refractivity contribution < 1.29 is 12.8 Å². The van der Waals surface area contributed by atoms with E-state index in [9.17, 15) is 12.8 Å². The number of aromatic nitrogens is 2. The maximum absolute atomic E-state index is 13.5. The maximum atomic E-state index is 13.5. The first kappa shape index (κ1) is 15.5. The minimum atomic E-state index is -3.81. The van der Waals surface area contributed by atoms with Crippen LogP contribution in [0.25, 0.3) is 0 Å². The van der Waals surface area contributed by atoms with E-state index in [1.165, 1.54) is 0 Å². The second-order valence-corrected chi connectivity index (χ2v) is 6.49. The van der Waals surface area contributed by atoms with Crippen LogP contribution >= 0.6 is 12.2 Å². The zero-order chi connectivity index (χ0) is 15.6. The molecule has 1 heterocycles. The molecule has 0 radical (unpaired) electrons. The van der Waals surface area contributed by atoms with Gasteiger partial charge in [-0.15, -0.1) is 0 Å². The summed E-state index contributed by atoms with van der Waals surface area (Å²) in [5.74, 6) is -0.110. The minimum absolute atomic E-state index is 0.0195. The molecule has 0 unspecified atom stereocenters. The summed E-state index contributed by atoms with van der Waals surface area (Å²) in [7, 11) is -2.06. The zero-order valence-electron chi connectivity index (χ0n) is 11.1. The normalized spacial score (nSPS) is 11.5. The highest BCUT2D eigenvalue weighted by molar-refractivity contribution is 7.89. The Morgan fingerprint density at radius 1 is 1.52 bits per heavy atom. The highest BCUT2D eigenvalue weighted by Gasteiger charge is 2.17. The molecule has 2 rings (SSSR count). The van der Waals surface area contributed by atoms with Gasteiger partial charge in [0.1, 0.15) is 16.6 Å². The summed E-state index contributed by atoms with van der Waals surface area (Å²) in [5, 5.41) is 0. The lowest BCUT2D eigenvalue weighted by Gasteiger charge is -2.08. The van der Waals surface area contributed by atoms with E-state index in [0.717, 1.165) is 18.2 Å². The van der Waals surface area contributed by atoms with Gasteiger partial charge in [-0.1, -0.05) is 12.2 Å². The molecule has 21 heavy (non-hydrogen) atoms. The van der Waals surface area contributed by atoms with Crippen molar-refractivity contribution >= 4 is 27.2 Å². The Balaban J connectivity index is 2.26. The maximum Gasteiger partial charge on any atom is 0.241 e. The molecule has 6 nitrogen and oxygen atoms in total. The molecule has 9 heteroatoms. The van der Waals surface area contributed by atoms with Crippen LogP contribution in [0.15, 0.2) is 35.5 Å². The van der Waals surface area contributed by atoms with Crippen molar-refractivity contribution in [3.8, 4) is 0 Å². The van der Waals surface area contributed by atoms with Crippen molar-refractivity contribution in [1.29, 1.82) is 0 Å². The van der Waals surface area contributed by atoms with Crippen LogP contribution in [0.4, 0.5) is 4.39 Å². The van der Waals surface area contributed by atoms with E-state index < -0.39 is 15.8 Å². The smallest absolute Gasteiger partial charge is 0.241 e. The van der Waals surface area contributed by atoms with E-state index in [4.69, 9.17) is 5.73 Å². The fourth-order valence-electron chi connectivity index (χ4n) is 1.67. The van der Waals surface area contributed by atoms with Crippen molar-refractivity contribution in [1.82, 2.24) is 14.3 Å². The van der Waals surface area contributed by atoms with Gasteiger partial charge in [-0.05, 0) is 18.2 Å². The van der Waals surface area contributed by atoms with Crippen LogP contribution in [-0.2, 0) is 23.6 Å². The molecular weight excluding hydrogens is 315 g/mol. The topological polar surface area (TPSA) is 90.0 Å². The van der Waals surface area contributed by atoms with Gasteiger partial charge in [0.15, 0.2) is 0 Å². The molecule has 0 aliphatic rings. The first-order valence-corrected chi connectivity index (χ1v) is 7.75. The molecule has 1 aromatic carbocycles. The van der Waals surface area contributed by atoms with Gasteiger partial charge in [0.2, 0.25) is 10.0 Å². The van der Waals surface area contributed by atoms with E-state index >= 15 is 0 Å². The molecule has 0 atom stereocenters. The summed E-state index contributed by atoms with van der Waals surface area (Å²) in [5.41, 5.74) is 5.25. The number of thiocarbonyl (C=S) groups is 1. The van der Waals surface area contributed by atoms with E-state index in [1.807, 2.05) is 0 Å². The summed E-state index contributed by atoms with van der Waals surface area (Å²) < 4.78 is 41.9. The third kappa shape index (κ3) is 3.43. The molecule has 0 fully saturated rings. The predicted molar refractivity (Wildman–Crippen MR) is 79.5 cm³/mol. The number of aryl methyl sites for hydroxylation is 1. The number of rotatable bonds is 5. The van der Waals surface area contributed by atoms with Gasteiger partial charge in [-0.3, -0.25) is 0 Å². The Bertz CT molecular complexity index is 786. The van der Waals surface area contributed by atoms with Crippen molar-refractivity contribution in [2.75, 3.05) is 0 Å². The van der Waals surface area contributed by atoms with Gasteiger partial charge in [0, 0.05) is 25.0 Å². The van der Waals surface area contributed by atoms with Crippen molar-refractivity contribution in [2.45, 2.75) is 11.4 Å². The number of nitrogens with zero attached hydrogens (tertiary/aromatic N) is 2. The number of benzene rings is 1. The standard InChI is InChI=1S/C12H13FN4O2S2/c1-17-5-4-15-11(17)7-16-21(18,19)8-2-3-10(13)9(6-8)12(14)20/h2-6,16H,7H2,1H3,(H2,14,20). The lowest BCUT2D eigenvalue weighted by molar-refractivity contribution is 0.576. The van der Waals surface area contributed by atoms with Crippen LogP contribution in [0.1, 0.15) is 11.4 Å². The fourth-order valence-corrected chi connectivity index (χ4v) is 2.83. The Kier molecular flexibility index (Phi) is 4.35. The Labute approximate surface area is 126 Å². The second-order valence-electron chi connectivity index (χ2n) is 4.28. The molecule has 0 bridgehead atoms. The molecule has 0 spiro atoms. The number of nitrogens with one attached hydrogen (secondary N) is 1. The van der Waals surface area contributed by atoms with Crippen LogP contribution in [-0.4, -0.2) is 23.0 Å². The zero-order valence-corrected chi connectivity index (χ0v) is 12.7. The second kappa shape index (κ2) is 5.88. The first-order chi connectivity index (χ1) is 9.81. The summed E-state index contributed by atoms with van der Waals surface area (Å²) in [6.45, 7) is 0.0195. The SMILES string of the molecule is Cn1ccnc1CNS(=O)(=O)c1ccc(F)c(C(N)=S)c1. The molecule has 3 N–H and O–H groups in total. The fraction of sp³-hybridized carbons (Fsp3) is 0.167. The number of sulfonamides is 1. The van der Waals surface area contributed by atoms with Gasteiger partial charge in [-0.2, -0.15) is 0 Å². The van der Waals surface area contributed by atoms with Crippen LogP contribution in [0.2, 0.25) is 0 Å². The molecule has 0 saturated heterocycles. The number of halogens is 1. The first-order valence-electron chi connectivity index (χ1n) is 5.86. The van der Waals surface area contributed by atoms with Gasteiger partial charge in [-0.25, -0.2) is 22.5 Å². The number of hydrogen-bond donors (Lipinski definition) is 2. The Morgan fingerprint density at radius 3 is 2.81 bits per heavy atom.